The van der Waals surface area contributed by atoms with Gasteiger partial charge in [-0.3, -0.25) is 9.97 Å². The molecule has 39 heavy (non-hydrogen) atoms. The summed E-state index contributed by atoms with van der Waals surface area (Å²) < 4.78 is 0. The lowest BCUT2D eigenvalue weighted by Gasteiger charge is -2.33. The number of unbranched alkanes of at least 4 members (excludes halogenated alkanes) is 2. The standard InChI is InChI=1S/C36H36N2S/c1-4-6-18-36(19-7-5-2)30-11-9-8-10-28(30)29-13-12-26(23-31(29)36)34-14-15-35(39-34)27-17-21-38-33(24-27)32-22-25(3)16-20-37-32/h8-17,20-24H,4-7,18-19H2,1-3H3. The number of hydrogen-bond acceptors (Lipinski definition) is 3. The molecule has 0 saturated carbocycles. The Morgan fingerprint density at radius 1 is 0.641 bits per heavy atom. The van der Waals surface area contributed by atoms with Crippen molar-refractivity contribution in [2.75, 3.05) is 0 Å². The molecule has 1 aliphatic rings. The largest absolute Gasteiger partial charge is 0.255 e. The fraction of sp³-hybridized carbons (Fsp3) is 0.278. The van der Waals surface area contributed by atoms with Crippen molar-refractivity contribution in [3.05, 3.63) is 108 Å². The van der Waals surface area contributed by atoms with Crippen molar-refractivity contribution in [1.29, 1.82) is 0 Å². The number of rotatable bonds is 9. The van der Waals surface area contributed by atoms with Gasteiger partial charge in [0, 0.05) is 27.6 Å². The molecule has 3 heteroatoms. The first-order valence-electron chi connectivity index (χ1n) is 14.4. The third-order valence-corrected chi connectivity index (χ3v) is 9.48. The molecule has 0 radical (unpaired) electrons. The van der Waals surface area contributed by atoms with Gasteiger partial charge in [-0.05, 0) is 101 Å². The molecule has 0 bridgehead atoms. The van der Waals surface area contributed by atoms with E-state index in [-0.39, 0.29) is 5.41 Å². The van der Waals surface area contributed by atoms with Gasteiger partial charge in [-0.1, -0.05) is 75.9 Å². The summed E-state index contributed by atoms with van der Waals surface area (Å²) in [7, 11) is 0. The summed E-state index contributed by atoms with van der Waals surface area (Å²) in [5.41, 5.74) is 11.6. The van der Waals surface area contributed by atoms with Crippen LogP contribution in [0.5, 0.6) is 0 Å². The number of aromatic nitrogens is 2. The van der Waals surface area contributed by atoms with Crippen molar-refractivity contribution < 1.29 is 0 Å². The van der Waals surface area contributed by atoms with Crippen molar-refractivity contribution >= 4 is 11.3 Å². The van der Waals surface area contributed by atoms with E-state index in [1.807, 2.05) is 29.8 Å². The Morgan fingerprint density at radius 2 is 1.28 bits per heavy atom. The van der Waals surface area contributed by atoms with E-state index in [2.05, 4.69) is 104 Å². The number of aryl methyl sites for hydroxylation is 1. The molecule has 0 spiro atoms. The molecule has 196 valence electrons. The van der Waals surface area contributed by atoms with Gasteiger partial charge in [0.1, 0.15) is 0 Å². The highest BCUT2D eigenvalue weighted by molar-refractivity contribution is 7.18. The molecule has 2 aromatic carbocycles. The van der Waals surface area contributed by atoms with E-state index in [9.17, 15) is 0 Å². The average Bonchev–Trinajstić information content (AvgIpc) is 3.57. The summed E-state index contributed by atoms with van der Waals surface area (Å²) in [6.45, 7) is 6.73. The maximum Gasteiger partial charge on any atom is 0.0892 e. The first-order valence-corrected chi connectivity index (χ1v) is 15.2. The first-order chi connectivity index (χ1) is 19.1. The minimum absolute atomic E-state index is 0.120. The van der Waals surface area contributed by atoms with E-state index in [1.54, 1.807) is 5.56 Å². The molecule has 0 N–H and O–H groups in total. The molecule has 3 heterocycles. The van der Waals surface area contributed by atoms with Gasteiger partial charge in [0.15, 0.2) is 0 Å². The molecular weight excluding hydrogens is 492 g/mol. The Bertz CT molecular complexity index is 1600. The lowest BCUT2D eigenvalue weighted by atomic mass is 9.70. The Morgan fingerprint density at radius 3 is 2.00 bits per heavy atom. The van der Waals surface area contributed by atoms with E-state index in [1.165, 1.54) is 81.7 Å². The summed E-state index contributed by atoms with van der Waals surface area (Å²) in [6, 6.07) is 29.3. The van der Waals surface area contributed by atoms with Crippen LogP contribution in [0.15, 0.2) is 91.3 Å². The monoisotopic (exact) mass is 528 g/mol. The van der Waals surface area contributed by atoms with Gasteiger partial charge in [-0.25, -0.2) is 0 Å². The van der Waals surface area contributed by atoms with Crippen molar-refractivity contribution in [2.45, 2.75) is 64.7 Å². The summed E-state index contributed by atoms with van der Waals surface area (Å²) in [4.78, 5) is 11.7. The lowest BCUT2D eigenvalue weighted by molar-refractivity contribution is 0.414. The van der Waals surface area contributed by atoms with E-state index >= 15 is 0 Å². The van der Waals surface area contributed by atoms with E-state index in [4.69, 9.17) is 0 Å². The van der Waals surface area contributed by atoms with Crippen molar-refractivity contribution in [2.24, 2.45) is 0 Å². The molecule has 0 amide bonds. The van der Waals surface area contributed by atoms with Crippen LogP contribution in [0, 0.1) is 6.92 Å². The fourth-order valence-electron chi connectivity index (χ4n) is 6.28. The average molecular weight is 529 g/mol. The maximum absolute atomic E-state index is 4.61. The van der Waals surface area contributed by atoms with Crippen LogP contribution >= 0.6 is 11.3 Å². The number of hydrogen-bond donors (Lipinski definition) is 0. The zero-order valence-corrected chi connectivity index (χ0v) is 24.0. The third-order valence-electron chi connectivity index (χ3n) is 8.29. The smallest absolute Gasteiger partial charge is 0.0892 e. The molecule has 0 fully saturated rings. The zero-order valence-electron chi connectivity index (χ0n) is 23.2. The minimum Gasteiger partial charge on any atom is -0.255 e. The summed E-state index contributed by atoms with van der Waals surface area (Å²) >= 11 is 1.86. The van der Waals surface area contributed by atoms with Crippen LogP contribution in [0.2, 0.25) is 0 Å². The minimum atomic E-state index is 0.120. The predicted molar refractivity (Wildman–Crippen MR) is 166 cm³/mol. The quantitative estimate of drug-likeness (QED) is 0.190. The summed E-state index contributed by atoms with van der Waals surface area (Å²) in [5.74, 6) is 0. The first kappa shape index (κ1) is 25.7. The Kier molecular flexibility index (Phi) is 7.18. The highest BCUT2D eigenvalue weighted by atomic mass is 32.1. The fourth-order valence-corrected chi connectivity index (χ4v) is 7.28. The molecule has 6 rings (SSSR count). The molecule has 0 saturated heterocycles. The Labute approximate surface area is 236 Å². The zero-order chi connectivity index (χ0) is 26.8. The molecule has 1 aliphatic carbocycles. The Hall–Kier alpha value is -3.56. The highest BCUT2D eigenvalue weighted by Crippen LogP contribution is 2.55. The van der Waals surface area contributed by atoms with E-state index < -0.39 is 0 Å². The second-order valence-corrected chi connectivity index (χ2v) is 12.0. The lowest BCUT2D eigenvalue weighted by Crippen LogP contribution is -2.25. The number of benzene rings is 2. The van der Waals surface area contributed by atoms with Crippen molar-refractivity contribution in [3.63, 3.8) is 0 Å². The van der Waals surface area contributed by atoms with Gasteiger partial charge >= 0.3 is 0 Å². The molecule has 3 aromatic heterocycles. The second-order valence-electron chi connectivity index (χ2n) is 10.9. The van der Waals surface area contributed by atoms with Crippen LogP contribution in [0.3, 0.4) is 0 Å². The predicted octanol–water partition coefficient (Wildman–Crippen LogP) is 10.5. The van der Waals surface area contributed by atoms with Crippen LogP contribution in [-0.4, -0.2) is 9.97 Å². The SMILES string of the molecule is CCCCC1(CCCC)c2ccccc2-c2ccc(-c3ccc(-c4ccnc(-c5cc(C)ccn5)c4)s3)cc21. The topological polar surface area (TPSA) is 25.8 Å². The summed E-state index contributed by atoms with van der Waals surface area (Å²) in [6.07, 6.45) is 11.2. The van der Waals surface area contributed by atoms with Gasteiger partial charge < -0.3 is 0 Å². The van der Waals surface area contributed by atoms with Gasteiger partial charge in [0.2, 0.25) is 0 Å². The van der Waals surface area contributed by atoms with Crippen molar-refractivity contribution in [3.8, 4) is 43.4 Å². The van der Waals surface area contributed by atoms with Gasteiger partial charge in [-0.15, -0.1) is 11.3 Å². The molecular formula is C36H36N2S. The van der Waals surface area contributed by atoms with Gasteiger partial charge in [-0.2, -0.15) is 0 Å². The van der Waals surface area contributed by atoms with E-state index in [0.29, 0.717) is 0 Å². The molecule has 0 unspecified atom stereocenters. The number of fused-ring (bicyclic) bond motifs is 3. The van der Waals surface area contributed by atoms with Crippen LogP contribution < -0.4 is 0 Å². The summed E-state index contributed by atoms with van der Waals surface area (Å²) in [5, 5.41) is 0. The Balaban J connectivity index is 1.39. The van der Waals surface area contributed by atoms with Crippen LogP contribution in [0.4, 0.5) is 0 Å². The normalized spacial score (nSPS) is 13.3. The van der Waals surface area contributed by atoms with Crippen LogP contribution in [0.1, 0.15) is 69.1 Å². The van der Waals surface area contributed by atoms with E-state index in [0.717, 1.165) is 11.4 Å². The highest BCUT2D eigenvalue weighted by Gasteiger charge is 2.42. The van der Waals surface area contributed by atoms with Crippen LogP contribution in [0.25, 0.3) is 43.4 Å². The molecule has 5 aromatic rings. The molecule has 0 aliphatic heterocycles. The number of nitrogens with zero attached hydrogens (tertiary/aromatic N) is 2. The number of thiophene rings is 1. The number of pyridine rings is 2. The van der Waals surface area contributed by atoms with Gasteiger partial charge in [0.25, 0.3) is 0 Å². The molecule has 0 atom stereocenters. The van der Waals surface area contributed by atoms with Crippen LogP contribution in [-0.2, 0) is 5.41 Å². The van der Waals surface area contributed by atoms with Gasteiger partial charge in [0.05, 0.1) is 11.4 Å². The van der Waals surface area contributed by atoms with Crippen molar-refractivity contribution in [1.82, 2.24) is 9.97 Å². The second kappa shape index (κ2) is 10.9. The maximum atomic E-state index is 4.61. The third kappa shape index (κ3) is 4.74. The molecule has 2 nitrogen and oxygen atoms in total.